The molecule has 3 nitrogen and oxygen atoms in total. The fourth-order valence-electron chi connectivity index (χ4n) is 1.53. The molecular formula is C11H10O3S. The summed E-state index contributed by atoms with van der Waals surface area (Å²) in [5.74, 6) is 0. The van der Waals surface area contributed by atoms with Crippen LogP contribution in [0.4, 0.5) is 0 Å². The summed E-state index contributed by atoms with van der Waals surface area (Å²) in [5.41, 5.74) is 0.913. The van der Waals surface area contributed by atoms with Crippen molar-refractivity contribution in [1.29, 1.82) is 0 Å². The first-order valence-corrected chi connectivity index (χ1v) is 5.51. The van der Waals surface area contributed by atoms with Crippen LogP contribution in [0.2, 0.25) is 0 Å². The highest BCUT2D eigenvalue weighted by atomic mass is 32.2. The summed E-state index contributed by atoms with van der Waals surface area (Å²) >= 11 is -2.21. The third kappa shape index (κ3) is 2.41. The van der Waals surface area contributed by atoms with Gasteiger partial charge in [0, 0.05) is 0 Å². The lowest BCUT2D eigenvalue weighted by Gasteiger charge is -2.04. The van der Waals surface area contributed by atoms with Gasteiger partial charge in [0.25, 0.3) is 0 Å². The van der Waals surface area contributed by atoms with Crippen molar-refractivity contribution in [3.05, 3.63) is 48.0 Å². The second-order valence-corrected chi connectivity index (χ2v) is 3.79. The molecule has 0 saturated heterocycles. The Labute approximate surface area is 90.2 Å². The maximum Gasteiger partial charge on any atom is 0.302 e. The summed E-state index contributed by atoms with van der Waals surface area (Å²) in [6, 6.07) is 13.6. The summed E-state index contributed by atoms with van der Waals surface area (Å²) in [6.07, 6.45) is 0. The van der Waals surface area contributed by atoms with E-state index in [1.807, 2.05) is 42.5 Å². The highest BCUT2D eigenvalue weighted by Gasteiger charge is 2.01. The van der Waals surface area contributed by atoms with Crippen molar-refractivity contribution >= 4 is 22.1 Å². The molecule has 1 N–H and O–H groups in total. The molecule has 0 bridgehead atoms. The van der Waals surface area contributed by atoms with Crippen LogP contribution in [0.25, 0.3) is 10.8 Å². The molecule has 0 saturated carbocycles. The van der Waals surface area contributed by atoms with Crippen molar-refractivity contribution in [3.63, 3.8) is 0 Å². The normalized spacial score (nSPS) is 12.9. The van der Waals surface area contributed by atoms with E-state index in [1.165, 1.54) is 0 Å². The minimum absolute atomic E-state index is 0.143. The maximum atomic E-state index is 10.4. The van der Waals surface area contributed by atoms with E-state index in [4.69, 9.17) is 4.55 Å². The van der Waals surface area contributed by atoms with E-state index in [-0.39, 0.29) is 6.61 Å². The molecule has 0 heterocycles. The zero-order valence-corrected chi connectivity index (χ0v) is 8.74. The standard InChI is InChI=1S/C11H10O3S/c12-15(13)14-8-10-6-3-5-9-4-1-2-7-11(9)10/h1-7H,8H2,(H,12,13). The quantitative estimate of drug-likeness (QED) is 0.811. The Bertz CT molecular complexity index is 491. The van der Waals surface area contributed by atoms with Gasteiger partial charge in [-0.1, -0.05) is 42.5 Å². The molecule has 0 spiro atoms. The van der Waals surface area contributed by atoms with E-state index in [0.29, 0.717) is 0 Å². The third-order valence-electron chi connectivity index (χ3n) is 2.20. The van der Waals surface area contributed by atoms with Gasteiger partial charge in [-0.2, -0.15) is 4.21 Å². The summed E-state index contributed by atoms with van der Waals surface area (Å²) in [7, 11) is 0. The maximum absolute atomic E-state index is 10.4. The second-order valence-electron chi connectivity index (χ2n) is 3.12. The second kappa shape index (κ2) is 4.53. The first kappa shape index (κ1) is 10.3. The molecule has 1 atom stereocenters. The molecule has 2 aromatic carbocycles. The summed E-state index contributed by atoms with van der Waals surface area (Å²) in [5, 5.41) is 2.15. The number of hydrogen-bond acceptors (Lipinski definition) is 2. The Morgan fingerprint density at radius 3 is 2.67 bits per heavy atom. The van der Waals surface area contributed by atoms with Crippen molar-refractivity contribution < 1.29 is 12.9 Å². The lowest BCUT2D eigenvalue weighted by Crippen LogP contribution is -1.96. The molecule has 0 radical (unpaired) electrons. The highest BCUT2D eigenvalue weighted by molar-refractivity contribution is 7.74. The van der Waals surface area contributed by atoms with Crippen LogP contribution < -0.4 is 0 Å². The minimum atomic E-state index is -2.21. The van der Waals surface area contributed by atoms with Gasteiger partial charge < -0.3 is 0 Å². The average molecular weight is 222 g/mol. The molecule has 0 amide bonds. The smallest absolute Gasteiger partial charge is 0.284 e. The van der Waals surface area contributed by atoms with Gasteiger partial charge in [0.2, 0.25) is 0 Å². The number of benzene rings is 2. The zero-order valence-electron chi connectivity index (χ0n) is 7.92. The predicted molar refractivity (Wildman–Crippen MR) is 59.5 cm³/mol. The molecule has 0 aliphatic carbocycles. The van der Waals surface area contributed by atoms with Gasteiger partial charge in [-0.3, -0.25) is 8.74 Å². The van der Waals surface area contributed by atoms with Crippen LogP contribution in [0, 0.1) is 0 Å². The van der Waals surface area contributed by atoms with E-state index < -0.39 is 11.4 Å². The number of fused-ring (bicyclic) bond motifs is 1. The van der Waals surface area contributed by atoms with Gasteiger partial charge in [0.15, 0.2) is 0 Å². The van der Waals surface area contributed by atoms with Gasteiger partial charge in [0.05, 0.1) is 6.61 Å². The monoisotopic (exact) mass is 222 g/mol. The van der Waals surface area contributed by atoms with Crippen molar-refractivity contribution in [2.24, 2.45) is 0 Å². The fraction of sp³-hybridized carbons (Fsp3) is 0.0909. The highest BCUT2D eigenvalue weighted by Crippen LogP contribution is 2.19. The van der Waals surface area contributed by atoms with E-state index in [9.17, 15) is 4.21 Å². The Hall–Kier alpha value is -1.23. The van der Waals surface area contributed by atoms with Crippen LogP contribution in [0.3, 0.4) is 0 Å². The lowest BCUT2D eigenvalue weighted by molar-refractivity contribution is 0.298. The Balaban J connectivity index is 2.38. The van der Waals surface area contributed by atoms with Gasteiger partial charge in [-0.15, -0.1) is 0 Å². The SMILES string of the molecule is O=S(O)OCc1cccc2ccccc12. The predicted octanol–water partition coefficient (Wildman–Crippen LogP) is 2.49. The van der Waals surface area contributed by atoms with Crippen LogP contribution in [0.1, 0.15) is 5.56 Å². The summed E-state index contributed by atoms with van der Waals surface area (Å²) in [6.45, 7) is 0.143. The number of hydrogen-bond donors (Lipinski definition) is 1. The van der Waals surface area contributed by atoms with Crippen LogP contribution >= 0.6 is 0 Å². The molecule has 1 unspecified atom stereocenters. The topological polar surface area (TPSA) is 46.5 Å². The molecule has 15 heavy (non-hydrogen) atoms. The van der Waals surface area contributed by atoms with Gasteiger partial charge in [-0.25, -0.2) is 0 Å². The lowest BCUT2D eigenvalue weighted by atomic mass is 10.1. The molecule has 0 aromatic heterocycles. The van der Waals surface area contributed by atoms with E-state index in [0.717, 1.165) is 16.3 Å². The largest absolute Gasteiger partial charge is 0.302 e. The molecule has 0 aliphatic rings. The van der Waals surface area contributed by atoms with Crippen molar-refractivity contribution in [3.8, 4) is 0 Å². The van der Waals surface area contributed by atoms with Crippen LogP contribution in [0.5, 0.6) is 0 Å². The fourth-order valence-corrected chi connectivity index (χ4v) is 1.76. The van der Waals surface area contributed by atoms with Crippen LogP contribution in [-0.4, -0.2) is 8.76 Å². The van der Waals surface area contributed by atoms with Crippen molar-refractivity contribution in [2.75, 3.05) is 0 Å². The first-order valence-electron chi connectivity index (χ1n) is 4.48. The Morgan fingerprint density at radius 2 is 1.87 bits per heavy atom. The summed E-state index contributed by atoms with van der Waals surface area (Å²) < 4.78 is 23.6. The molecule has 2 aromatic rings. The van der Waals surface area contributed by atoms with Gasteiger partial charge in [-0.05, 0) is 16.3 Å². The van der Waals surface area contributed by atoms with Crippen molar-refractivity contribution in [1.82, 2.24) is 0 Å². The minimum Gasteiger partial charge on any atom is -0.284 e. The van der Waals surface area contributed by atoms with Gasteiger partial charge >= 0.3 is 11.4 Å². The van der Waals surface area contributed by atoms with Crippen LogP contribution in [-0.2, 0) is 22.2 Å². The van der Waals surface area contributed by atoms with Crippen LogP contribution in [0.15, 0.2) is 42.5 Å². The van der Waals surface area contributed by atoms with E-state index in [2.05, 4.69) is 4.18 Å². The molecule has 2 rings (SSSR count). The first-order chi connectivity index (χ1) is 7.27. The van der Waals surface area contributed by atoms with E-state index >= 15 is 0 Å². The molecule has 78 valence electrons. The molecular weight excluding hydrogens is 212 g/mol. The summed E-state index contributed by atoms with van der Waals surface area (Å²) in [4.78, 5) is 0. The molecule has 0 aliphatic heterocycles. The van der Waals surface area contributed by atoms with Gasteiger partial charge in [0.1, 0.15) is 0 Å². The van der Waals surface area contributed by atoms with E-state index in [1.54, 1.807) is 0 Å². The average Bonchev–Trinajstić information content (AvgIpc) is 2.26. The Morgan fingerprint density at radius 1 is 1.13 bits per heavy atom. The zero-order chi connectivity index (χ0) is 10.7. The number of rotatable bonds is 3. The molecule has 0 fully saturated rings. The third-order valence-corrected chi connectivity index (χ3v) is 2.51. The molecule has 4 heteroatoms. The Kier molecular flexibility index (Phi) is 3.11. The van der Waals surface area contributed by atoms with Crippen molar-refractivity contribution in [2.45, 2.75) is 6.61 Å².